The molecule has 1 atom stereocenters. The fourth-order valence-corrected chi connectivity index (χ4v) is 2.90. The molecule has 2 aliphatic rings. The van der Waals surface area contributed by atoms with Crippen LogP contribution in [0.1, 0.15) is 24.4 Å². The molecule has 0 radical (unpaired) electrons. The first kappa shape index (κ1) is 15.6. The number of ether oxygens (including phenoxy) is 1. The lowest BCUT2D eigenvalue weighted by Crippen LogP contribution is -2.41. The quantitative estimate of drug-likeness (QED) is 0.641. The first-order valence-electron chi connectivity index (χ1n) is 7.86. The average Bonchev–Trinajstić information content (AvgIpc) is 3.32. The van der Waals surface area contributed by atoms with E-state index in [1.54, 1.807) is 0 Å². The van der Waals surface area contributed by atoms with Crippen molar-refractivity contribution in [1.29, 1.82) is 0 Å². The number of benzene rings is 1. The van der Waals surface area contributed by atoms with Crippen LogP contribution in [0.15, 0.2) is 29.3 Å². The van der Waals surface area contributed by atoms with Gasteiger partial charge in [-0.2, -0.15) is 0 Å². The highest BCUT2D eigenvalue weighted by atomic mass is 35.5. The lowest BCUT2D eigenvalue weighted by atomic mass is 10.0. The maximum absolute atomic E-state index is 6.15. The third-order valence-corrected chi connectivity index (χ3v) is 4.32. The molecule has 3 N–H and O–H groups in total. The van der Waals surface area contributed by atoms with Crippen LogP contribution in [0.5, 0.6) is 0 Å². The highest BCUT2D eigenvalue weighted by molar-refractivity contribution is 6.30. The summed E-state index contributed by atoms with van der Waals surface area (Å²) in [5, 5.41) is 3.99. The van der Waals surface area contributed by atoms with Crippen LogP contribution in [0.4, 0.5) is 0 Å². The second-order valence-electron chi connectivity index (χ2n) is 5.86. The minimum atomic E-state index is 0.183. The van der Waals surface area contributed by atoms with Gasteiger partial charge in [-0.1, -0.05) is 23.7 Å². The molecule has 1 aliphatic carbocycles. The SMILES string of the molecule is NC(=NCC(c1cccc(Cl)c1)N1CCOCC1)NC1CC1. The Hall–Kier alpha value is -1.30. The number of nitrogens with zero attached hydrogens (tertiary/aromatic N) is 2. The van der Waals surface area contributed by atoms with E-state index < -0.39 is 0 Å². The summed E-state index contributed by atoms with van der Waals surface area (Å²) >= 11 is 6.15. The lowest BCUT2D eigenvalue weighted by molar-refractivity contribution is 0.0180. The van der Waals surface area contributed by atoms with Crippen LogP contribution in [0.3, 0.4) is 0 Å². The summed E-state index contributed by atoms with van der Waals surface area (Å²) in [6.45, 7) is 3.96. The predicted molar refractivity (Wildman–Crippen MR) is 89.2 cm³/mol. The molecule has 5 nitrogen and oxygen atoms in total. The number of guanidine groups is 1. The molecule has 1 aromatic carbocycles. The molecule has 3 rings (SSSR count). The maximum atomic E-state index is 6.15. The van der Waals surface area contributed by atoms with Crippen molar-refractivity contribution in [3.8, 4) is 0 Å². The first-order chi connectivity index (χ1) is 10.7. The van der Waals surface area contributed by atoms with E-state index in [0.29, 0.717) is 18.5 Å². The summed E-state index contributed by atoms with van der Waals surface area (Å²) in [5.74, 6) is 0.544. The summed E-state index contributed by atoms with van der Waals surface area (Å²) in [6.07, 6.45) is 2.38. The van der Waals surface area contributed by atoms with Gasteiger partial charge < -0.3 is 15.8 Å². The monoisotopic (exact) mass is 322 g/mol. The molecule has 6 heteroatoms. The molecule has 22 heavy (non-hydrogen) atoms. The predicted octanol–water partition coefficient (Wildman–Crippen LogP) is 1.78. The van der Waals surface area contributed by atoms with Crippen molar-refractivity contribution < 1.29 is 4.74 Å². The van der Waals surface area contributed by atoms with Gasteiger partial charge in [-0.25, -0.2) is 0 Å². The van der Waals surface area contributed by atoms with Crippen LogP contribution >= 0.6 is 11.6 Å². The van der Waals surface area contributed by atoms with Crippen LogP contribution in [-0.4, -0.2) is 49.7 Å². The van der Waals surface area contributed by atoms with Gasteiger partial charge in [-0.15, -0.1) is 0 Å². The average molecular weight is 323 g/mol. The van der Waals surface area contributed by atoms with Crippen molar-refractivity contribution in [2.24, 2.45) is 10.7 Å². The van der Waals surface area contributed by atoms with Gasteiger partial charge in [0.25, 0.3) is 0 Å². The number of hydrogen-bond donors (Lipinski definition) is 2. The van der Waals surface area contributed by atoms with E-state index in [0.717, 1.165) is 31.3 Å². The molecule has 120 valence electrons. The normalized spacial score (nSPS) is 21.6. The van der Waals surface area contributed by atoms with Crippen LogP contribution in [0, 0.1) is 0 Å². The molecule has 1 saturated heterocycles. The Bertz CT molecular complexity index is 527. The van der Waals surface area contributed by atoms with Gasteiger partial charge in [0, 0.05) is 24.2 Å². The van der Waals surface area contributed by atoms with Crippen LogP contribution in [-0.2, 0) is 4.74 Å². The fourth-order valence-electron chi connectivity index (χ4n) is 2.70. The van der Waals surface area contributed by atoms with Crippen molar-refractivity contribution >= 4 is 17.6 Å². The van der Waals surface area contributed by atoms with E-state index in [2.05, 4.69) is 21.3 Å². The van der Waals surface area contributed by atoms with E-state index in [-0.39, 0.29) is 6.04 Å². The molecule has 1 aliphatic heterocycles. The Morgan fingerprint density at radius 1 is 1.41 bits per heavy atom. The molecule has 0 amide bonds. The number of rotatable bonds is 5. The van der Waals surface area contributed by atoms with E-state index in [4.69, 9.17) is 22.1 Å². The smallest absolute Gasteiger partial charge is 0.188 e. The number of aliphatic imine (C=N–C) groups is 1. The van der Waals surface area contributed by atoms with E-state index in [1.807, 2.05) is 18.2 Å². The minimum Gasteiger partial charge on any atom is -0.379 e. The van der Waals surface area contributed by atoms with Gasteiger partial charge in [0.15, 0.2) is 5.96 Å². The van der Waals surface area contributed by atoms with E-state index >= 15 is 0 Å². The molecule has 1 aromatic rings. The number of morpholine rings is 1. The summed E-state index contributed by atoms with van der Waals surface area (Å²) < 4.78 is 5.46. The summed E-state index contributed by atoms with van der Waals surface area (Å²) in [4.78, 5) is 6.94. The summed E-state index contributed by atoms with van der Waals surface area (Å²) in [7, 11) is 0. The molecular weight excluding hydrogens is 300 g/mol. The largest absolute Gasteiger partial charge is 0.379 e. The van der Waals surface area contributed by atoms with Crippen molar-refractivity contribution in [3.63, 3.8) is 0 Å². The Morgan fingerprint density at radius 3 is 2.86 bits per heavy atom. The molecular formula is C16H23ClN4O. The molecule has 1 heterocycles. The second kappa shape index (κ2) is 7.31. The Balaban J connectivity index is 1.72. The lowest BCUT2D eigenvalue weighted by Gasteiger charge is -2.34. The van der Waals surface area contributed by atoms with E-state index in [9.17, 15) is 0 Å². The summed E-state index contributed by atoms with van der Waals surface area (Å²) in [5.41, 5.74) is 7.15. The fraction of sp³-hybridized carbons (Fsp3) is 0.562. The number of nitrogens with two attached hydrogens (primary N) is 1. The maximum Gasteiger partial charge on any atom is 0.188 e. The van der Waals surface area contributed by atoms with Gasteiger partial charge in [0.1, 0.15) is 0 Å². The zero-order valence-corrected chi connectivity index (χ0v) is 13.4. The Morgan fingerprint density at radius 2 is 2.18 bits per heavy atom. The Labute approximate surface area is 136 Å². The second-order valence-corrected chi connectivity index (χ2v) is 6.30. The molecule has 1 unspecified atom stereocenters. The number of halogens is 1. The highest BCUT2D eigenvalue weighted by Gasteiger charge is 2.24. The standard InChI is InChI=1S/C16H23ClN4O/c17-13-3-1-2-12(10-13)15(21-6-8-22-9-7-21)11-19-16(18)20-14-4-5-14/h1-3,10,14-15H,4-9,11H2,(H3,18,19,20). The van der Waals surface area contributed by atoms with E-state index in [1.165, 1.54) is 18.4 Å². The molecule has 0 bridgehead atoms. The summed E-state index contributed by atoms with van der Waals surface area (Å²) in [6, 6.07) is 8.71. The first-order valence-corrected chi connectivity index (χ1v) is 8.24. The molecule has 0 spiro atoms. The third-order valence-electron chi connectivity index (χ3n) is 4.08. The third kappa shape index (κ3) is 4.35. The highest BCUT2D eigenvalue weighted by Crippen LogP contribution is 2.25. The topological polar surface area (TPSA) is 62.9 Å². The van der Waals surface area contributed by atoms with Gasteiger partial charge in [0.2, 0.25) is 0 Å². The zero-order valence-electron chi connectivity index (χ0n) is 12.7. The van der Waals surface area contributed by atoms with Crippen molar-refractivity contribution in [2.45, 2.75) is 24.9 Å². The van der Waals surface area contributed by atoms with Crippen LogP contribution in [0.25, 0.3) is 0 Å². The number of nitrogens with one attached hydrogen (secondary N) is 1. The minimum absolute atomic E-state index is 0.183. The van der Waals surface area contributed by atoms with Crippen molar-refractivity contribution in [2.75, 3.05) is 32.8 Å². The van der Waals surface area contributed by atoms with Crippen molar-refractivity contribution in [1.82, 2.24) is 10.2 Å². The van der Waals surface area contributed by atoms with Gasteiger partial charge in [-0.3, -0.25) is 9.89 Å². The van der Waals surface area contributed by atoms with Crippen LogP contribution < -0.4 is 11.1 Å². The van der Waals surface area contributed by atoms with Gasteiger partial charge >= 0.3 is 0 Å². The van der Waals surface area contributed by atoms with Crippen LogP contribution in [0.2, 0.25) is 5.02 Å². The van der Waals surface area contributed by atoms with Gasteiger partial charge in [0.05, 0.1) is 25.8 Å². The number of hydrogen-bond acceptors (Lipinski definition) is 3. The molecule has 2 fully saturated rings. The molecule has 0 aromatic heterocycles. The van der Waals surface area contributed by atoms with Crippen molar-refractivity contribution in [3.05, 3.63) is 34.9 Å². The molecule has 1 saturated carbocycles. The van der Waals surface area contributed by atoms with Gasteiger partial charge in [-0.05, 0) is 30.5 Å². The Kier molecular flexibility index (Phi) is 5.18. The zero-order chi connectivity index (χ0) is 15.4.